The molecule has 0 atom stereocenters. The first-order valence-corrected chi connectivity index (χ1v) is 15.6. The van der Waals surface area contributed by atoms with Gasteiger partial charge < -0.3 is 21.3 Å². The second-order valence-corrected chi connectivity index (χ2v) is 12.9. The van der Waals surface area contributed by atoms with Gasteiger partial charge in [0.2, 0.25) is 15.8 Å². The lowest BCUT2D eigenvalue weighted by molar-refractivity contribution is 0.103. The SMILES string of the molecule is Nc1nc(NC2CCN(S(=O)(=O)CCCNCCCN3CCCC3)CC2)sc1C(=O)c1c(F)cccc1F. The first-order chi connectivity index (χ1) is 18.2. The van der Waals surface area contributed by atoms with Crippen molar-refractivity contribution in [2.75, 3.05) is 62.6 Å². The van der Waals surface area contributed by atoms with Crippen molar-refractivity contribution in [1.82, 2.24) is 19.5 Å². The van der Waals surface area contributed by atoms with E-state index in [1.165, 1.54) is 36.3 Å². The Morgan fingerprint density at radius 1 is 1.08 bits per heavy atom. The van der Waals surface area contributed by atoms with Crippen LogP contribution < -0.4 is 16.4 Å². The lowest BCUT2D eigenvalue weighted by atomic mass is 10.1. The zero-order chi connectivity index (χ0) is 27.1. The van der Waals surface area contributed by atoms with Crippen LogP contribution in [0.1, 0.15) is 53.8 Å². The number of hydrogen-bond donors (Lipinski definition) is 3. The fourth-order valence-corrected chi connectivity index (χ4v) is 7.35. The number of thiazole rings is 1. The van der Waals surface area contributed by atoms with Gasteiger partial charge in [-0.05, 0) is 83.4 Å². The summed E-state index contributed by atoms with van der Waals surface area (Å²) in [7, 11) is -3.33. The number of aromatic nitrogens is 1. The molecule has 2 saturated heterocycles. The molecule has 0 spiro atoms. The largest absolute Gasteiger partial charge is 0.382 e. The number of carbonyl (C=O) groups is 1. The number of carbonyl (C=O) groups excluding carboxylic acids is 1. The fourth-order valence-electron chi connectivity index (χ4n) is 4.91. The molecule has 0 saturated carbocycles. The number of nitrogens with two attached hydrogens (primary N) is 1. The van der Waals surface area contributed by atoms with Crippen LogP contribution in [0.2, 0.25) is 0 Å². The Morgan fingerprint density at radius 2 is 1.74 bits per heavy atom. The van der Waals surface area contributed by atoms with Crippen LogP contribution in [-0.2, 0) is 10.0 Å². The van der Waals surface area contributed by atoms with E-state index in [0.717, 1.165) is 43.0 Å². The van der Waals surface area contributed by atoms with Crippen LogP contribution in [0.15, 0.2) is 18.2 Å². The molecule has 2 aromatic rings. The van der Waals surface area contributed by atoms with E-state index in [4.69, 9.17) is 5.73 Å². The van der Waals surface area contributed by atoms with Crippen molar-refractivity contribution in [3.8, 4) is 0 Å². The highest BCUT2D eigenvalue weighted by atomic mass is 32.2. The quantitative estimate of drug-likeness (QED) is 0.248. The smallest absolute Gasteiger partial charge is 0.214 e. The summed E-state index contributed by atoms with van der Waals surface area (Å²) < 4.78 is 55.2. The molecule has 4 rings (SSSR count). The normalized spacial score (nSPS) is 17.7. The van der Waals surface area contributed by atoms with E-state index in [9.17, 15) is 22.0 Å². The monoisotopic (exact) mass is 570 g/mol. The van der Waals surface area contributed by atoms with Crippen LogP contribution in [0.5, 0.6) is 0 Å². The van der Waals surface area contributed by atoms with E-state index in [-0.39, 0.29) is 22.5 Å². The topological polar surface area (TPSA) is 121 Å². The van der Waals surface area contributed by atoms with E-state index >= 15 is 0 Å². The standard InChI is InChI=1S/C25H36F2N6O3S2/c26-19-6-3-7-20(27)21(19)22(34)23-24(28)31-25(37-23)30-18-8-15-33(16-9-18)38(35,36)17-5-11-29-10-4-14-32-12-1-2-13-32/h3,6-7,18,29H,1-2,4-5,8-17,28H2,(H,30,31). The average Bonchev–Trinajstić information content (AvgIpc) is 3.53. The molecule has 38 heavy (non-hydrogen) atoms. The van der Waals surface area contributed by atoms with Gasteiger partial charge in [0.15, 0.2) is 5.13 Å². The van der Waals surface area contributed by atoms with Gasteiger partial charge in [-0.15, -0.1) is 0 Å². The summed E-state index contributed by atoms with van der Waals surface area (Å²) in [5.41, 5.74) is 5.21. The van der Waals surface area contributed by atoms with Crippen molar-refractivity contribution in [2.45, 2.75) is 44.6 Å². The maximum absolute atomic E-state index is 14.0. The molecule has 0 aliphatic carbocycles. The number of ketones is 1. The van der Waals surface area contributed by atoms with E-state index in [0.29, 0.717) is 44.0 Å². The first-order valence-electron chi connectivity index (χ1n) is 13.2. The number of nitrogens with zero attached hydrogens (tertiary/aromatic N) is 3. The lowest BCUT2D eigenvalue weighted by Gasteiger charge is -2.31. The van der Waals surface area contributed by atoms with Gasteiger partial charge in [-0.3, -0.25) is 4.79 Å². The van der Waals surface area contributed by atoms with Crippen LogP contribution in [0.25, 0.3) is 0 Å². The molecular formula is C25H36F2N6O3S2. The minimum Gasteiger partial charge on any atom is -0.382 e. The number of rotatable bonds is 13. The molecule has 2 aliphatic heterocycles. The molecule has 2 aliphatic rings. The van der Waals surface area contributed by atoms with Crippen LogP contribution in [-0.4, -0.2) is 86.0 Å². The van der Waals surface area contributed by atoms with Crippen molar-refractivity contribution in [3.05, 3.63) is 40.3 Å². The molecule has 3 heterocycles. The number of anilines is 2. The number of nitrogens with one attached hydrogen (secondary N) is 2. The third-order valence-electron chi connectivity index (χ3n) is 7.01. The third kappa shape index (κ3) is 7.47. The molecule has 0 unspecified atom stereocenters. The summed E-state index contributed by atoms with van der Waals surface area (Å²) in [6.45, 7) is 5.84. The predicted molar refractivity (Wildman–Crippen MR) is 146 cm³/mol. The summed E-state index contributed by atoms with van der Waals surface area (Å²) >= 11 is 0.934. The summed E-state index contributed by atoms with van der Waals surface area (Å²) in [6, 6.07) is 3.16. The van der Waals surface area contributed by atoms with Crippen LogP contribution in [0, 0.1) is 11.6 Å². The van der Waals surface area contributed by atoms with Gasteiger partial charge in [0, 0.05) is 19.1 Å². The highest BCUT2D eigenvalue weighted by Crippen LogP contribution is 2.30. The Morgan fingerprint density at radius 3 is 2.42 bits per heavy atom. The number of nitrogen functional groups attached to an aromatic ring is 1. The maximum Gasteiger partial charge on any atom is 0.214 e. The maximum atomic E-state index is 14.0. The summed E-state index contributed by atoms with van der Waals surface area (Å²) in [4.78, 5) is 19.3. The number of hydrogen-bond acceptors (Lipinski definition) is 9. The zero-order valence-corrected chi connectivity index (χ0v) is 23.1. The second-order valence-electron chi connectivity index (χ2n) is 9.80. The van der Waals surface area contributed by atoms with Gasteiger partial charge in [0.1, 0.15) is 22.3 Å². The van der Waals surface area contributed by atoms with Crippen molar-refractivity contribution in [2.24, 2.45) is 0 Å². The van der Waals surface area contributed by atoms with Crippen molar-refractivity contribution in [3.63, 3.8) is 0 Å². The summed E-state index contributed by atoms with van der Waals surface area (Å²) in [5, 5.41) is 6.90. The Bertz CT molecular complexity index is 1180. The minimum atomic E-state index is -3.33. The van der Waals surface area contributed by atoms with Crippen molar-refractivity contribution in [1.29, 1.82) is 0 Å². The van der Waals surface area contributed by atoms with Gasteiger partial charge in [-0.2, -0.15) is 0 Å². The van der Waals surface area contributed by atoms with Gasteiger partial charge in [-0.1, -0.05) is 17.4 Å². The van der Waals surface area contributed by atoms with E-state index in [1.807, 2.05) is 0 Å². The Balaban J connectivity index is 1.19. The van der Waals surface area contributed by atoms with Gasteiger partial charge >= 0.3 is 0 Å². The highest BCUT2D eigenvalue weighted by Gasteiger charge is 2.29. The predicted octanol–water partition coefficient (Wildman–Crippen LogP) is 2.91. The Labute approximate surface area is 226 Å². The Hall–Kier alpha value is -2.19. The molecule has 2 fully saturated rings. The van der Waals surface area contributed by atoms with Crippen LogP contribution in [0.4, 0.5) is 19.7 Å². The van der Waals surface area contributed by atoms with Gasteiger partial charge in [0.25, 0.3) is 0 Å². The molecule has 210 valence electrons. The lowest BCUT2D eigenvalue weighted by Crippen LogP contribution is -2.43. The van der Waals surface area contributed by atoms with E-state index in [1.54, 1.807) is 0 Å². The van der Waals surface area contributed by atoms with E-state index in [2.05, 4.69) is 20.5 Å². The number of halogens is 2. The molecule has 0 radical (unpaired) electrons. The van der Waals surface area contributed by atoms with Gasteiger partial charge in [-0.25, -0.2) is 26.5 Å². The number of sulfonamides is 1. The molecular weight excluding hydrogens is 534 g/mol. The summed E-state index contributed by atoms with van der Waals surface area (Å²) in [6.07, 6.45) is 5.37. The number of likely N-dealkylation sites (tertiary alicyclic amines) is 1. The first kappa shape index (κ1) is 28.8. The molecule has 0 bridgehead atoms. The van der Waals surface area contributed by atoms with Crippen LogP contribution in [0.3, 0.4) is 0 Å². The molecule has 9 nitrogen and oxygen atoms in total. The van der Waals surface area contributed by atoms with E-state index < -0.39 is 33.0 Å². The minimum absolute atomic E-state index is 0.0406. The number of piperidine rings is 1. The zero-order valence-electron chi connectivity index (χ0n) is 21.4. The second kappa shape index (κ2) is 13.2. The molecule has 1 aromatic heterocycles. The van der Waals surface area contributed by atoms with Gasteiger partial charge in [0.05, 0.1) is 11.3 Å². The highest BCUT2D eigenvalue weighted by molar-refractivity contribution is 7.89. The van der Waals surface area contributed by atoms with Crippen LogP contribution >= 0.6 is 11.3 Å². The fraction of sp³-hybridized carbons (Fsp3) is 0.600. The molecule has 0 amide bonds. The number of benzene rings is 1. The summed E-state index contributed by atoms with van der Waals surface area (Å²) in [5.74, 6) is -2.76. The van der Waals surface area contributed by atoms with Crippen molar-refractivity contribution >= 4 is 38.1 Å². The molecule has 13 heteroatoms. The average molecular weight is 571 g/mol. The molecule has 1 aromatic carbocycles. The molecule has 4 N–H and O–H groups in total. The third-order valence-corrected chi connectivity index (χ3v) is 9.96. The Kier molecular flexibility index (Phi) is 10.0. The van der Waals surface area contributed by atoms with Crippen molar-refractivity contribution < 1.29 is 22.0 Å².